The number of ether oxygens (including phenoxy) is 1. The SMILES string of the molecule is OCc1ccc(Oc2nc(Br)cs2)cc1. The van der Waals surface area contributed by atoms with Gasteiger partial charge in [-0.1, -0.05) is 23.5 Å². The molecule has 5 heteroatoms. The van der Waals surface area contributed by atoms with E-state index in [1.807, 2.05) is 17.5 Å². The van der Waals surface area contributed by atoms with E-state index >= 15 is 0 Å². The number of thiazole rings is 1. The quantitative estimate of drug-likeness (QED) is 0.942. The van der Waals surface area contributed by atoms with Crippen LogP contribution in [0.25, 0.3) is 0 Å². The summed E-state index contributed by atoms with van der Waals surface area (Å²) in [6.45, 7) is 0.0447. The number of aromatic nitrogens is 1. The summed E-state index contributed by atoms with van der Waals surface area (Å²) in [5, 5.41) is 11.3. The first-order valence-corrected chi connectivity index (χ1v) is 5.94. The zero-order chi connectivity index (χ0) is 10.7. The molecule has 78 valence electrons. The zero-order valence-corrected chi connectivity index (χ0v) is 10.1. The van der Waals surface area contributed by atoms with Crippen LogP contribution in [0.2, 0.25) is 0 Å². The second-order valence-corrected chi connectivity index (χ2v) is 4.47. The summed E-state index contributed by atoms with van der Waals surface area (Å²) in [6, 6.07) is 7.25. The van der Waals surface area contributed by atoms with Crippen LogP contribution >= 0.6 is 27.3 Å². The molecule has 1 aromatic heterocycles. The van der Waals surface area contributed by atoms with E-state index in [4.69, 9.17) is 9.84 Å². The molecule has 0 amide bonds. The van der Waals surface area contributed by atoms with Gasteiger partial charge in [0.1, 0.15) is 10.4 Å². The average Bonchev–Trinajstić information content (AvgIpc) is 2.65. The molecule has 1 aromatic carbocycles. The van der Waals surface area contributed by atoms with Crippen molar-refractivity contribution in [3.63, 3.8) is 0 Å². The Hall–Kier alpha value is -0.910. The largest absolute Gasteiger partial charge is 0.431 e. The summed E-state index contributed by atoms with van der Waals surface area (Å²) in [4.78, 5) is 4.11. The molecule has 0 fully saturated rings. The van der Waals surface area contributed by atoms with Crippen molar-refractivity contribution in [1.82, 2.24) is 4.98 Å². The molecule has 1 heterocycles. The first kappa shape index (κ1) is 10.6. The Kier molecular flexibility index (Phi) is 3.35. The van der Waals surface area contributed by atoms with Crippen LogP contribution in [-0.2, 0) is 6.61 Å². The van der Waals surface area contributed by atoms with Crippen LogP contribution in [-0.4, -0.2) is 10.1 Å². The molecule has 1 N–H and O–H groups in total. The molecule has 3 nitrogen and oxygen atoms in total. The fourth-order valence-corrected chi connectivity index (χ4v) is 2.15. The number of aliphatic hydroxyl groups is 1. The van der Waals surface area contributed by atoms with Crippen molar-refractivity contribution < 1.29 is 9.84 Å². The van der Waals surface area contributed by atoms with E-state index in [9.17, 15) is 0 Å². The van der Waals surface area contributed by atoms with E-state index in [0.717, 1.165) is 10.2 Å². The van der Waals surface area contributed by atoms with E-state index in [1.54, 1.807) is 12.1 Å². The Morgan fingerprint density at radius 2 is 2.07 bits per heavy atom. The second kappa shape index (κ2) is 4.74. The number of hydrogen-bond donors (Lipinski definition) is 1. The zero-order valence-electron chi connectivity index (χ0n) is 7.68. The molecule has 0 saturated carbocycles. The van der Waals surface area contributed by atoms with E-state index in [0.29, 0.717) is 10.9 Å². The van der Waals surface area contributed by atoms with Crippen LogP contribution < -0.4 is 4.74 Å². The van der Waals surface area contributed by atoms with E-state index in [-0.39, 0.29) is 6.61 Å². The highest BCUT2D eigenvalue weighted by molar-refractivity contribution is 9.10. The predicted molar refractivity (Wildman–Crippen MR) is 62.3 cm³/mol. The molecule has 2 aromatic rings. The smallest absolute Gasteiger partial charge is 0.279 e. The van der Waals surface area contributed by atoms with Crippen LogP contribution in [0.1, 0.15) is 5.56 Å². The number of benzene rings is 1. The Balaban J connectivity index is 2.11. The van der Waals surface area contributed by atoms with Crippen molar-refractivity contribution in [2.75, 3.05) is 0 Å². The molecule has 0 radical (unpaired) electrons. The van der Waals surface area contributed by atoms with Crippen molar-refractivity contribution in [3.8, 4) is 10.9 Å². The normalized spacial score (nSPS) is 10.3. The minimum atomic E-state index is 0.0447. The Bertz CT molecular complexity index is 441. The molecular weight excluding hydrogens is 278 g/mol. The topological polar surface area (TPSA) is 42.4 Å². The third kappa shape index (κ3) is 2.77. The minimum absolute atomic E-state index is 0.0447. The van der Waals surface area contributed by atoms with Gasteiger partial charge in [-0.05, 0) is 33.6 Å². The summed E-state index contributed by atoms with van der Waals surface area (Å²) in [5.41, 5.74) is 0.864. The number of halogens is 1. The molecule has 0 aliphatic rings. The first-order valence-electron chi connectivity index (χ1n) is 4.26. The third-order valence-electron chi connectivity index (χ3n) is 1.77. The molecule has 0 atom stereocenters. The Morgan fingerprint density at radius 1 is 1.33 bits per heavy atom. The molecule has 15 heavy (non-hydrogen) atoms. The van der Waals surface area contributed by atoms with Gasteiger partial charge in [0.15, 0.2) is 0 Å². The van der Waals surface area contributed by atoms with Gasteiger partial charge in [0.2, 0.25) is 0 Å². The lowest BCUT2D eigenvalue weighted by molar-refractivity contribution is 0.281. The first-order chi connectivity index (χ1) is 7.28. The van der Waals surface area contributed by atoms with E-state index in [2.05, 4.69) is 20.9 Å². The maximum absolute atomic E-state index is 8.86. The standard InChI is InChI=1S/C10H8BrNO2S/c11-9-6-15-10(12-9)14-8-3-1-7(5-13)2-4-8/h1-4,6,13H,5H2. The molecule has 0 unspecified atom stereocenters. The summed E-state index contributed by atoms with van der Waals surface area (Å²) >= 11 is 4.68. The lowest BCUT2D eigenvalue weighted by atomic mass is 10.2. The van der Waals surface area contributed by atoms with Gasteiger partial charge in [0.05, 0.1) is 6.61 Å². The second-order valence-electron chi connectivity index (χ2n) is 2.84. The van der Waals surface area contributed by atoms with Crippen LogP contribution in [0.15, 0.2) is 34.2 Å². The number of rotatable bonds is 3. The molecule has 0 spiro atoms. The minimum Gasteiger partial charge on any atom is -0.431 e. The average molecular weight is 286 g/mol. The van der Waals surface area contributed by atoms with Gasteiger partial charge >= 0.3 is 0 Å². The Labute approximate surface area is 99.5 Å². The summed E-state index contributed by atoms with van der Waals surface area (Å²) in [6.07, 6.45) is 0. The van der Waals surface area contributed by atoms with Gasteiger partial charge in [0.25, 0.3) is 5.19 Å². The third-order valence-corrected chi connectivity index (χ3v) is 3.19. The lowest BCUT2D eigenvalue weighted by Crippen LogP contribution is -1.85. The molecule has 0 bridgehead atoms. The molecule has 0 saturated heterocycles. The van der Waals surface area contributed by atoms with Gasteiger partial charge in [-0.3, -0.25) is 0 Å². The lowest BCUT2D eigenvalue weighted by Gasteiger charge is -2.01. The molecule has 0 aliphatic carbocycles. The van der Waals surface area contributed by atoms with Crippen molar-refractivity contribution in [2.45, 2.75) is 6.61 Å². The van der Waals surface area contributed by atoms with Gasteiger partial charge < -0.3 is 9.84 Å². The van der Waals surface area contributed by atoms with Crippen molar-refractivity contribution in [1.29, 1.82) is 0 Å². The fourth-order valence-electron chi connectivity index (χ4n) is 1.05. The molecule has 2 rings (SSSR count). The highest BCUT2D eigenvalue weighted by Crippen LogP contribution is 2.27. The van der Waals surface area contributed by atoms with Gasteiger partial charge in [-0.25, -0.2) is 0 Å². The van der Waals surface area contributed by atoms with Crippen LogP contribution in [0.3, 0.4) is 0 Å². The van der Waals surface area contributed by atoms with Crippen molar-refractivity contribution in [2.24, 2.45) is 0 Å². The number of hydrogen-bond acceptors (Lipinski definition) is 4. The summed E-state index contributed by atoms with van der Waals surface area (Å²) < 4.78 is 6.27. The van der Waals surface area contributed by atoms with Gasteiger partial charge in [-0.2, -0.15) is 4.98 Å². The monoisotopic (exact) mass is 285 g/mol. The number of nitrogens with zero attached hydrogens (tertiary/aromatic N) is 1. The Morgan fingerprint density at radius 3 is 2.60 bits per heavy atom. The van der Waals surface area contributed by atoms with E-state index < -0.39 is 0 Å². The van der Waals surface area contributed by atoms with Crippen molar-refractivity contribution >= 4 is 27.3 Å². The van der Waals surface area contributed by atoms with Crippen molar-refractivity contribution in [3.05, 3.63) is 39.8 Å². The van der Waals surface area contributed by atoms with Gasteiger partial charge in [-0.15, -0.1) is 0 Å². The van der Waals surface area contributed by atoms with Crippen LogP contribution in [0.5, 0.6) is 10.9 Å². The maximum atomic E-state index is 8.86. The van der Waals surface area contributed by atoms with Gasteiger partial charge in [0, 0.05) is 5.38 Å². The summed E-state index contributed by atoms with van der Waals surface area (Å²) in [5.74, 6) is 0.717. The molecule has 0 aliphatic heterocycles. The highest BCUT2D eigenvalue weighted by Gasteiger charge is 2.01. The summed E-state index contributed by atoms with van der Waals surface area (Å²) in [7, 11) is 0. The van der Waals surface area contributed by atoms with Crippen LogP contribution in [0.4, 0.5) is 0 Å². The van der Waals surface area contributed by atoms with E-state index in [1.165, 1.54) is 11.3 Å². The maximum Gasteiger partial charge on any atom is 0.279 e. The predicted octanol–water partition coefficient (Wildman–Crippen LogP) is 3.19. The number of aliphatic hydroxyl groups excluding tert-OH is 1. The van der Waals surface area contributed by atoms with Crippen LogP contribution in [0, 0.1) is 0 Å². The highest BCUT2D eigenvalue weighted by atomic mass is 79.9. The molecular formula is C10H8BrNO2S. The fraction of sp³-hybridized carbons (Fsp3) is 0.100.